The fraction of sp³-hybridized carbons (Fsp3) is 0.517. The number of alkyl halides is 1. The molecular formula is C29H38FN. The molecule has 1 heterocycles. The average Bonchev–Trinajstić information content (AvgIpc) is 2.80. The number of benzene rings is 2. The Labute approximate surface area is 188 Å². The van der Waals surface area contributed by atoms with E-state index in [1.807, 2.05) is 24.3 Å². The van der Waals surface area contributed by atoms with Crippen molar-refractivity contribution in [3.05, 3.63) is 77.9 Å². The topological polar surface area (TPSA) is 3.24 Å². The van der Waals surface area contributed by atoms with E-state index >= 15 is 0 Å². The summed E-state index contributed by atoms with van der Waals surface area (Å²) in [6.45, 7) is 10.4. The van der Waals surface area contributed by atoms with Crippen molar-refractivity contribution < 1.29 is 4.39 Å². The number of halogens is 1. The molecule has 3 unspecified atom stereocenters. The molecule has 2 heteroatoms. The van der Waals surface area contributed by atoms with Crippen LogP contribution in [0, 0.1) is 11.3 Å². The number of nitrogens with zero attached hydrogens (tertiary/aromatic N) is 1. The number of hydrogen-bond donors (Lipinski definition) is 0. The van der Waals surface area contributed by atoms with Crippen LogP contribution in [-0.2, 0) is 0 Å². The third kappa shape index (κ3) is 4.89. The molecule has 4 rings (SSSR count). The maximum Gasteiger partial charge on any atom is 0.123 e. The van der Waals surface area contributed by atoms with Gasteiger partial charge in [-0.3, -0.25) is 0 Å². The van der Waals surface area contributed by atoms with E-state index in [0.29, 0.717) is 11.3 Å². The minimum atomic E-state index is -0.969. The second-order valence-corrected chi connectivity index (χ2v) is 10.0. The first kappa shape index (κ1) is 22.1. The van der Waals surface area contributed by atoms with Crippen LogP contribution in [-0.4, -0.2) is 18.0 Å². The third-order valence-corrected chi connectivity index (χ3v) is 7.89. The molecule has 1 saturated heterocycles. The molecule has 31 heavy (non-hydrogen) atoms. The molecule has 3 atom stereocenters. The molecule has 166 valence electrons. The Morgan fingerprint density at radius 1 is 1.06 bits per heavy atom. The lowest BCUT2D eigenvalue weighted by Crippen LogP contribution is -2.43. The quantitative estimate of drug-likeness (QED) is 0.456. The maximum atomic E-state index is 14.2. The Bertz CT molecular complexity index is 863. The van der Waals surface area contributed by atoms with Gasteiger partial charge in [-0.25, -0.2) is 4.39 Å². The smallest absolute Gasteiger partial charge is 0.123 e. The van der Waals surface area contributed by atoms with Crippen LogP contribution in [0.4, 0.5) is 4.39 Å². The molecule has 2 fully saturated rings. The first-order valence-electron chi connectivity index (χ1n) is 12.2. The van der Waals surface area contributed by atoms with Crippen molar-refractivity contribution in [1.29, 1.82) is 0 Å². The van der Waals surface area contributed by atoms with Crippen LogP contribution in [0.1, 0.15) is 87.6 Å². The van der Waals surface area contributed by atoms with Gasteiger partial charge in [0.2, 0.25) is 0 Å². The summed E-state index contributed by atoms with van der Waals surface area (Å²) in [7, 11) is 0. The van der Waals surface area contributed by atoms with Gasteiger partial charge < -0.3 is 4.90 Å². The van der Waals surface area contributed by atoms with Crippen LogP contribution in [0.5, 0.6) is 0 Å². The fourth-order valence-electron chi connectivity index (χ4n) is 6.33. The van der Waals surface area contributed by atoms with Gasteiger partial charge in [-0.2, -0.15) is 0 Å². The highest BCUT2D eigenvalue weighted by atomic mass is 19.1. The molecule has 0 aromatic heterocycles. The van der Waals surface area contributed by atoms with Crippen molar-refractivity contribution in [3.63, 3.8) is 0 Å². The van der Waals surface area contributed by atoms with Crippen molar-refractivity contribution in [2.24, 2.45) is 11.3 Å². The largest absolute Gasteiger partial charge is 0.371 e. The van der Waals surface area contributed by atoms with E-state index in [-0.39, 0.29) is 0 Å². The molecule has 2 aromatic carbocycles. The van der Waals surface area contributed by atoms with Crippen molar-refractivity contribution in [1.82, 2.24) is 4.90 Å². The Morgan fingerprint density at radius 2 is 1.74 bits per heavy atom. The Morgan fingerprint density at radius 3 is 2.42 bits per heavy atom. The maximum absolute atomic E-state index is 14.2. The van der Waals surface area contributed by atoms with Gasteiger partial charge in [0.1, 0.15) is 6.17 Å². The second-order valence-electron chi connectivity index (χ2n) is 10.0. The zero-order valence-electron chi connectivity index (χ0n) is 19.3. The summed E-state index contributed by atoms with van der Waals surface area (Å²) < 4.78 is 14.2. The normalized spacial score (nSPS) is 24.2. The third-order valence-electron chi connectivity index (χ3n) is 7.89. The molecule has 0 amide bonds. The number of rotatable bonds is 6. The molecule has 1 nitrogen and oxygen atoms in total. The van der Waals surface area contributed by atoms with Gasteiger partial charge in [0.05, 0.1) is 0 Å². The number of hydrogen-bond acceptors (Lipinski definition) is 1. The summed E-state index contributed by atoms with van der Waals surface area (Å²) in [5.74, 6) is 1.53. The van der Waals surface area contributed by atoms with Crippen LogP contribution >= 0.6 is 0 Å². The lowest BCUT2D eigenvalue weighted by Gasteiger charge is -2.50. The first-order chi connectivity index (χ1) is 15.0. The minimum absolute atomic E-state index is 0.447. The van der Waals surface area contributed by atoms with E-state index in [1.54, 1.807) is 6.92 Å². The van der Waals surface area contributed by atoms with Gasteiger partial charge in [-0.1, -0.05) is 80.9 Å². The predicted molar refractivity (Wildman–Crippen MR) is 130 cm³/mol. The minimum Gasteiger partial charge on any atom is -0.371 e. The summed E-state index contributed by atoms with van der Waals surface area (Å²) in [6, 6.07) is 19.0. The van der Waals surface area contributed by atoms with Crippen LogP contribution in [0.3, 0.4) is 0 Å². The van der Waals surface area contributed by atoms with Gasteiger partial charge in [0, 0.05) is 24.4 Å². The van der Waals surface area contributed by atoms with Gasteiger partial charge in [-0.05, 0) is 67.4 Å². The van der Waals surface area contributed by atoms with E-state index in [0.717, 1.165) is 35.8 Å². The molecular weight excluding hydrogens is 381 g/mol. The molecule has 1 aliphatic carbocycles. The molecule has 1 spiro atoms. The van der Waals surface area contributed by atoms with Crippen LogP contribution in [0.25, 0.3) is 5.70 Å². The molecule has 0 radical (unpaired) electrons. The van der Waals surface area contributed by atoms with E-state index in [4.69, 9.17) is 0 Å². The highest BCUT2D eigenvalue weighted by molar-refractivity contribution is 5.65. The summed E-state index contributed by atoms with van der Waals surface area (Å²) in [5.41, 5.74) is 4.71. The Hall–Kier alpha value is -2.09. The van der Waals surface area contributed by atoms with Gasteiger partial charge >= 0.3 is 0 Å². The Balaban J connectivity index is 1.48. The zero-order valence-corrected chi connectivity index (χ0v) is 19.3. The highest BCUT2D eigenvalue weighted by Gasteiger charge is 2.42. The zero-order chi connectivity index (χ0) is 21.8. The summed E-state index contributed by atoms with van der Waals surface area (Å²) in [4.78, 5) is 2.41. The van der Waals surface area contributed by atoms with Crippen molar-refractivity contribution in [3.8, 4) is 0 Å². The van der Waals surface area contributed by atoms with Crippen LogP contribution in [0.15, 0.2) is 61.2 Å². The van der Waals surface area contributed by atoms with E-state index in [1.165, 1.54) is 50.5 Å². The average molecular weight is 420 g/mol. The van der Waals surface area contributed by atoms with Crippen molar-refractivity contribution in [2.75, 3.05) is 13.1 Å². The SMILES string of the molecule is C=C(c1ccccc1C(C)F)N1CCC2(CC1)CC(CCC)CC(c1ccccc1)C2. The first-order valence-corrected chi connectivity index (χ1v) is 12.2. The molecule has 1 saturated carbocycles. The number of piperidine rings is 1. The lowest BCUT2D eigenvalue weighted by atomic mass is 9.59. The molecule has 2 aliphatic rings. The summed E-state index contributed by atoms with van der Waals surface area (Å²) in [6.07, 6.45) is 8.15. The molecule has 2 aromatic rings. The number of likely N-dealkylation sites (tertiary alicyclic amines) is 1. The van der Waals surface area contributed by atoms with Gasteiger partial charge in [0.25, 0.3) is 0 Å². The van der Waals surface area contributed by atoms with Crippen LogP contribution < -0.4 is 0 Å². The monoisotopic (exact) mass is 419 g/mol. The van der Waals surface area contributed by atoms with E-state index in [2.05, 4.69) is 48.7 Å². The predicted octanol–water partition coefficient (Wildman–Crippen LogP) is 8.15. The second kappa shape index (κ2) is 9.59. The van der Waals surface area contributed by atoms with Crippen molar-refractivity contribution >= 4 is 5.70 Å². The van der Waals surface area contributed by atoms with Crippen molar-refractivity contribution in [2.45, 2.75) is 70.9 Å². The van der Waals surface area contributed by atoms with E-state index < -0.39 is 6.17 Å². The molecule has 1 aliphatic heterocycles. The van der Waals surface area contributed by atoms with E-state index in [9.17, 15) is 4.39 Å². The highest BCUT2D eigenvalue weighted by Crippen LogP contribution is 2.53. The summed E-state index contributed by atoms with van der Waals surface area (Å²) in [5, 5.41) is 0. The van der Waals surface area contributed by atoms with Gasteiger partial charge in [-0.15, -0.1) is 0 Å². The molecule has 0 N–H and O–H groups in total. The van der Waals surface area contributed by atoms with Gasteiger partial charge in [0.15, 0.2) is 0 Å². The lowest BCUT2D eigenvalue weighted by molar-refractivity contribution is 0.0510. The summed E-state index contributed by atoms with van der Waals surface area (Å²) >= 11 is 0. The standard InChI is InChI=1S/C29H38FN/c1-4-10-24-19-26(25-11-6-5-7-12-25)21-29(20-24)15-17-31(18-16-29)23(3)28-14-9-8-13-27(28)22(2)30/h5-9,11-14,22,24,26H,3-4,10,15-21H2,1-2H3. The Kier molecular flexibility index (Phi) is 6.84. The fourth-order valence-corrected chi connectivity index (χ4v) is 6.33. The van der Waals surface area contributed by atoms with Crippen LogP contribution in [0.2, 0.25) is 0 Å². The molecule has 0 bridgehead atoms.